The van der Waals surface area contributed by atoms with Crippen molar-refractivity contribution in [3.63, 3.8) is 0 Å². The van der Waals surface area contributed by atoms with Gasteiger partial charge < -0.3 is 11.6 Å². The predicted molar refractivity (Wildman–Crippen MR) is 89.7 cm³/mol. The number of hydrogen-bond donors (Lipinski definition) is 2. The first kappa shape index (κ1) is 25.3. The summed E-state index contributed by atoms with van der Waals surface area (Å²) in [7, 11) is 0. The van der Waals surface area contributed by atoms with Gasteiger partial charge in [0.05, 0.1) is 0 Å². The molecule has 4 heteroatoms. The maximum absolute atomic E-state index is 10.4. The van der Waals surface area contributed by atoms with Crippen molar-refractivity contribution in [2.75, 3.05) is 0 Å². The molecule has 0 aromatic carbocycles. The van der Waals surface area contributed by atoms with Crippen molar-refractivity contribution in [1.29, 1.82) is 0 Å². The van der Waals surface area contributed by atoms with Gasteiger partial charge in [-0.15, -0.1) is 0 Å². The first-order chi connectivity index (χ1) is 10.2. The van der Waals surface area contributed by atoms with Gasteiger partial charge in [0, 0.05) is 0 Å². The van der Waals surface area contributed by atoms with Crippen molar-refractivity contribution in [1.82, 2.24) is 0 Å². The normalized spacial score (nSPS) is 11.9. The van der Waals surface area contributed by atoms with E-state index in [-0.39, 0.29) is 52.8 Å². The van der Waals surface area contributed by atoms with E-state index >= 15 is 0 Å². The summed E-state index contributed by atoms with van der Waals surface area (Å²) in [5.41, 5.74) is 0. The Hall–Kier alpha value is 1.07. The third-order valence-electron chi connectivity index (χ3n) is 4.12. The first-order valence-corrected chi connectivity index (χ1v) is 9.09. The molecule has 3 nitrogen and oxygen atoms in total. The van der Waals surface area contributed by atoms with Crippen LogP contribution >= 0.6 is 0 Å². The predicted octanol–water partition coefficient (Wildman–Crippen LogP) is 2.42. The second-order valence-corrected chi connectivity index (χ2v) is 6.24. The molecular weight excluding hydrogens is 303 g/mol. The van der Waals surface area contributed by atoms with Crippen LogP contribution in [0.15, 0.2) is 0 Å². The summed E-state index contributed by atoms with van der Waals surface area (Å²) < 4.78 is 0. The number of carboxylic acid groups (broad SMARTS) is 1. The molecule has 0 rings (SSSR count). The summed E-state index contributed by atoms with van der Waals surface area (Å²) in [6.45, 7) is 2.26. The van der Waals surface area contributed by atoms with Crippen molar-refractivity contribution in [3.05, 3.63) is 0 Å². The molecular formula is C18H37KO3. The van der Waals surface area contributed by atoms with Crippen LogP contribution in [0.4, 0.5) is 0 Å². The topological polar surface area (TPSA) is 57.5 Å². The minimum absolute atomic E-state index is 0. The van der Waals surface area contributed by atoms with Crippen molar-refractivity contribution >= 4 is 5.97 Å². The third kappa shape index (κ3) is 19.1. The number of aliphatic carboxylic acids is 1. The van der Waals surface area contributed by atoms with Gasteiger partial charge >= 0.3 is 57.4 Å². The summed E-state index contributed by atoms with van der Waals surface area (Å²) >= 11 is 0. The van der Waals surface area contributed by atoms with Crippen molar-refractivity contribution in [2.24, 2.45) is 0 Å². The molecule has 0 aromatic rings. The van der Waals surface area contributed by atoms with Crippen molar-refractivity contribution in [3.8, 4) is 0 Å². The summed E-state index contributed by atoms with van der Waals surface area (Å²) in [5, 5.41) is 17.7. The smallest absolute Gasteiger partial charge is 1.00 e. The van der Waals surface area contributed by atoms with E-state index in [0.717, 1.165) is 12.8 Å². The van der Waals surface area contributed by atoms with E-state index < -0.39 is 12.1 Å². The average Bonchev–Trinajstić information content (AvgIpc) is 2.47. The SMILES string of the molecule is CCCCCCCCCCCCCCCCC(O)C(=O)O.[H-].[K+]. The molecule has 0 bridgehead atoms. The minimum Gasteiger partial charge on any atom is -1.00 e. The zero-order valence-corrected chi connectivity index (χ0v) is 18.1. The minimum atomic E-state index is -1.16. The molecule has 0 spiro atoms. The Kier molecular flexibility index (Phi) is 23.1. The van der Waals surface area contributed by atoms with Gasteiger partial charge in [0.25, 0.3) is 0 Å². The number of aliphatic hydroxyl groups is 1. The van der Waals surface area contributed by atoms with Gasteiger partial charge in [0.2, 0.25) is 0 Å². The van der Waals surface area contributed by atoms with E-state index in [0.29, 0.717) is 6.42 Å². The Morgan fingerprint density at radius 1 is 0.773 bits per heavy atom. The molecule has 1 atom stereocenters. The molecule has 0 aliphatic heterocycles. The second kappa shape index (κ2) is 20.1. The van der Waals surface area contributed by atoms with Crippen LogP contribution in [0.1, 0.15) is 105 Å². The number of hydrogen-bond acceptors (Lipinski definition) is 2. The Bertz CT molecular complexity index is 240. The number of rotatable bonds is 16. The Morgan fingerprint density at radius 3 is 1.41 bits per heavy atom. The number of carbonyl (C=O) groups is 1. The fraction of sp³-hybridized carbons (Fsp3) is 0.944. The van der Waals surface area contributed by atoms with E-state index in [9.17, 15) is 4.79 Å². The molecule has 0 heterocycles. The Labute approximate surface area is 181 Å². The van der Waals surface area contributed by atoms with Crippen molar-refractivity contribution < 1.29 is 67.8 Å². The largest absolute Gasteiger partial charge is 1.00 e. The second-order valence-electron chi connectivity index (χ2n) is 6.24. The number of carboxylic acids is 1. The standard InChI is InChI=1S/C18H36O3.K.H/c1-2-3-4-5-6-7-8-9-10-11-12-13-14-15-16-17(19)18(20)21;;/h17,19H,2-16H2,1H3,(H,20,21);;/q;+1;-1. The molecule has 0 aromatic heterocycles. The van der Waals surface area contributed by atoms with Gasteiger partial charge in [-0.25, -0.2) is 4.79 Å². The summed E-state index contributed by atoms with van der Waals surface area (Å²) in [5.74, 6) is -1.09. The summed E-state index contributed by atoms with van der Waals surface area (Å²) in [4.78, 5) is 10.4. The Balaban J connectivity index is -0.00000200. The van der Waals surface area contributed by atoms with Crippen LogP contribution in [0.3, 0.4) is 0 Å². The molecule has 0 saturated heterocycles. The third-order valence-corrected chi connectivity index (χ3v) is 4.12. The fourth-order valence-corrected chi connectivity index (χ4v) is 2.66. The number of aliphatic hydroxyl groups excluding tert-OH is 1. The molecule has 0 amide bonds. The quantitative estimate of drug-likeness (QED) is 0.335. The maximum Gasteiger partial charge on any atom is 1.00 e. The fourth-order valence-electron chi connectivity index (χ4n) is 2.66. The zero-order chi connectivity index (χ0) is 15.8. The van der Waals surface area contributed by atoms with Gasteiger partial charge in [-0.1, -0.05) is 96.8 Å². The van der Waals surface area contributed by atoms with Gasteiger partial charge in [0.1, 0.15) is 0 Å². The number of unbranched alkanes of at least 4 members (excludes halogenated alkanes) is 13. The van der Waals surface area contributed by atoms with Crippen LogP contribution < -0.4 is 51.4 Å². The molecule has 0 radical (unpaired) electrons. The van der Waals surface area contributed by atoms with Crippen LogP contribution in [0.5, 0.6) is 0 Å². The zero-order valence-electron chi connectivity index (χ0n) is 16.0. The molecule has 0 aliphatic carbocycles. The van der Waals surface area contributed by atoms with Crippen LogP contribution in [-0.4, -0.2) is 22.3 Å². The molecule has 22 heavy (non-hydrogen) atoms. The first-order valence-electron chi connectivity index (χ1n) is 9.09. The molecule has 128 valence electrons. The Morgan fingerprint density at radius 2 is 1.09 bits per heavy atom. The molecule has 1 unspecified atom stereocenters. The molecule has 0 saturated carbocycles. The van der Waals surface area contributed by atoms with Crippen LogP contribution in [-0.2, 0) is 4.79 Å². The molecule has 2 N–H and O–H groups in total. The van der Waals surface area contributed by atoms with E-state index in [1.54, 1.807) is 0 Å². The molecule has 0 fully saturated rings. The van der Waals surface area contributed by atoms with E-state index in [1.165, 1.54) is 77.0 Å². The van der Waals surface area contributed by atoms with E-state index in [4.69, 9.17) is 10.2 Å². The van der Waals surface area contributed by atoms with Crippen LogP contribution in [0.25, 0.3) is 0 Å². The van der Waals surface area contributed by atoms with Gasteiger partial charge in [0.15, 0.2) is 6.10 Å². The summed E-state index contributed by atoms with van der Waals surface area (Å²) in [6, 6.07) is 0. The van der Waals surface area contributed by atoms with E-state index in [1.807, 2.05) is 0 Å². The van der Waals surface area contributed by atoms with Gasteiger partial charge in [-0.2, -0.15) is 0 Å². The average molecular weight is 341 g/mol. The molecule has 0 aliphatic rings. The maximum atomic E-state index is 10.4. The van der Waals surface area contributed by atoms with Crippen LogP contribution in [0.2, 0.25) is 0 Å². The van der Waals surface area contributed by atoms with E-state index in [2.05, 4.69) is 6.92 Å². The monoisotopic (exact) mass is 340 g/mol. The van der Waals surface area contributed by atoms with Crippen LogP contribution in [0, 0.1) is 0 Å². The van der Waals surface area contributed by atoms with Gasteiger partial charge in [-0.3, -0.25) is 0 Å². The van der Waals surface area contributed by atoms with Crippen molar-refractivity contribution in [2.45, 2.75) is 109 Å². The summed E-state index contributed by atoms with van der Waals surface area (Å²) in [6.07, 6.45) is 17.3. The van der Waals surface area contributed by atoms with Gasteiger partial charge in [-0.05, 0) is 6.42 Å².